The molecule has 0 atom stereocenters. The first-order valence-electron chi connectivity index (χ1n) is 9.91. The van der Waals surface area contributed by atoms with Crippen LogP contribution >= 0.6 is 0 Å². The van der Waals surface area contributed by atoms with Gasteiger partial charge in [0.25, 0.3) is 33.4 Å². The molecule has 0 saturated heterocycles. The molecule has 0 radical (unpaired) electrons. The zero-order chi connectivity index (χ0) is 24.9. The SMILES string of the molecule is O=c1[nH][nH]c(=O)c2nc3c(nc12)c1nc2c(=O)[nH][nH]c(=O)c2nc1c1nc2c(=O)[nH][nH]c(=O)c2nc31. The zero-order valence-electron chi connectivity index (χ0n) is 17.1. The van der Waals surface area contributed by atoms with Crippen LogP contribution in [0.15, 0.2) is 28.8 Å². The van der Waals surface area contributed by atoms with Crippen LogP contribution in [0.5, 0.6) is 0 Å². The van der Waals surface area contributed by atoms with Gasteiger partial charge in [-0.05, 0) is 0 Å². The van der Waals surface area contributed by atoms with Gasteiger partial charge in [-0.25, -0.2) is 29.9 Å². The number of aromatic nitrogens is 12. The van der Waals surface area contributed by atoms with Gasteiger partial charge in [0.15, 0.2) is 33.1 Å². The van der Waals surface area contributed by atoms with Crippen molar-refractivity contribution in [2.75, 3.05) is 0 Å². The minimum absolute atomic E-state index is 0.120. The molecule has 174 valence electrons. The predicted octanol–water partition coefficient (Wildman–Crippen LogP) is -2.89. The standard InChI is InChI=1S/C18H6N12O6/c31-13-7-8(14(32)26-25-13)20-2-1(19-7)3-5(22-10-9(21-3)15(33)27-28-16(10)34)6-4(2)23-11-12(24-6)18(36)30-29-17(11)35/h(H,25,31)(H,26,32)(H,27,33)(H,28,34)(H,29,35)(H,30,36). The van der Waals surface area contributed by atoms with Crippen LogP contribution in [0.3, 0.4) is 0 Å². The number of nitrogens with zero attached hydrogens (tertiary/aromatic N) is 6. The Hall–Kier alpha value is -5.94. The predicted molar refractivity (Wildman–Crippen MR) is 122 cm³/mol. The van der Waals surface area contributed by atoms with Crippen molar-refractivity contribution in [3.8, 4) is 0 Å². The van der Waals surface area contributed by atoms with E-state index in [-0.39, 0.29) is 66.2 Å². The molecule has 7 aromatic rings. The lowest BCUT2D eigenvalue weighted by atomic mass is 10.1. The second-order valence-corrected chi connectivity index (χ2v) is 7.58. The molecule has 0 fully saturated rings. The fraction of sp³-hybridized carbons (Fsp3) is 0. The molecule has 1 aromatic carbocycles. The average Bonchev–Trinajstić information content (AvgIpc) is 2.89. The van der Waals surface area contributed by atoms with Crippen molar-refractivity contribution in [2.45, 2.75) is 0 Å². The number of benzene rings is 1. The molecular weight excluding hydrogens is 480 g/mol. The largest absolute Gasteiger partial charge is 0.290 e. The van der Waals surface area contributed by atoms with Crippen LogP contribution in [0.2, 0.25) is 0 Å². The number of hydrogen-bond donors (Lipinski definition) is 6. The summed E-state index contributed by atoms with van der Waals surface area (Å²) in [5, 5.41) is 12.8. The number of hydrogen-bond acceptors (Lipinski definition) is 12. The van der Waals surface area contributed by atoms with Gasteiger partial charge in [0.1, 0.15) is 33.1 Å². The molecular formula is C18H6N12O6. The van der Waals surface area contributed by atoms with Crippen molar-refractivity contribution in [3.63, 3.8) is 0 Å². The Balaban J connectivity index is 1.90. The van der Waals surface area contributed by atoms with Gasteiger partial charge in [-0.1, -0.05) is 0 Å². The van der Waals surface area contributed by atoms with Crippen molar-refractivity contribution in [3.05, 3.63) is 62.1 Å². The molecule has 0 saturated carbocycles. The molecule has 7 rings (SSSR count). The number of aromatic amines is 6. The summed E-state index contributed by atoms with van der Waals surface area (Å²) in [4.78, 5) is 99.7. The van der Waals surface area contributed by atoms with Gasteiger partial charge in [-0.15, -0.1) is 0 Å². The minimum atomic E-state index is -0.775. The van der Waals surface area contributed by atoms with E-state index in [0.717, 1.165) is 0 Å². The molecule has 6 heterocycles. The van der Waals surface area contributed by atoms with Crippen molar-refractivity contribution >= 4 is 66.2 Å². The Kier molecular flexibility index (Phi) is 3.44. The quantitative estimate of drug-likeness (QED) is 0.0930. The summed E-state index contributed by atoms with van der Waals surface area (Å²) < 4.78 is 0. The fourth-order valence-electron chi connectivity index (χ4n) is 3.94. The molecule has 0 unspecified atom stereocenters. The second-order valence-electron chi connectivity index (χ2n) is 7.58. The smallest absolute Gasteiger partial charge is 0.266 e. The maximum Gasteiger partial charge on any atom is 0.290 e. The van der Waals surface area contributed by atoms with Crippen molar-refractivity contribution in [2.24, 2.45) is 0 Å². The van der Waals surface area contributed by atoms with E-state index in [1.165, 1.54) is 0 Å². The zero-order valence-corrected chi connectivity index (χ0v) is 17.1. The Bertz CT molecular complexity index is 2030. The van der Waals surface area contributed by atoms with Crippen LogP contribution < -0.4 is 33.4 Å². The third-order valence-corrected chi connectivity index (χ3v) is 5.52. The van der Waals surface area contributed by atoms with Crippen LogP contribution in [-0.4, -0.2) is 60.5 Å². The highest BCUT2D eigenvalue weighted by Gasteiger charge is 2.22. The molecule has 18 heteroatoms. The highest BCUT2D eigenvalue weighted by Crippen LogP contribution is 2.30. The van der Waals surface area contributed by atoms with Crippen molar-refractivity contribution in [1.82, 2.24) is 60.5 Å². The fourth-order valence-corrected chi connectivity index (χ4v) is 3.94. The van der Waals surface area contributed by atoms with E-state index >= 15 is 0 Å². The molecule has 0 spiro atoms. The lowest BCUT2D eigenvalue weighted by Gasteiger charge is -2.08. The van der Waals surface area contributed by atoms with Crippen molar-refractivity contribution in [1.29, 1.82) is 0 Å². The van der Waals surface area contributed by atoms with Crippen LogP contribution in [0.1, 0.15) is 0 Å². The Labute approximate surface area is 189 Å². The Morgan fingerprint density at radius 2 is 0.389 bits per heavy atom. The molecule has 0 aliphatic heterocycles. The van der Waals surface area contributed by atoms with E-state index in [1.54, 1.807) is 0 Å². The van der Waals surface area contributed by atoms with Crippen LogP contribution in [0.4, 0.5) is 0 Å². The summed E-state index contributed by atoms with van der Waals surface area (Å²) in [7, 11) is 0. The summed E-state index contributed by atoms with van der Waals surface area (Å²) in [6.45, 7) is 0. The van der Waals surface area contributed by atoms with Crippen LogP contribution in [-0.2, 0) is 0 Å². The first-order chi connectivity index (χ1) is 17.3. The minimum Gasteiger partial charge on any atom is -0.266 e. The van der Waals surface area contributed by atoms with Gasteiger partial charge in [0.05, 0.1) is 0 Å². The second kappa shape index (κ2) is 6.34. The summed E-state index contributed by atoms with van der Waals surface area (Å²) >= 11 is 0. The summed E-state index contributed by atoms with van der Waals surface area (Å²) in [6, 6.07) is 0. The van der Waals surface area contributed by atoms with Gasteiger partial charge in [-0.2, -0.15) is 0 Å². The lowest BCUT2D eigenvalue weighted by Crippen LogP contribution is -2.23. The first kappa shape index (κ1) is 19.5. The van der Waals surface area contributed by atoms with E-state index in [9.17, 15) is 28.8 Å². The molecule has 0 aliphatic carbocycles. The topological polar surface area (TPSA) is 274 Å². The number of H-pyrrole nitrogens is 6. The molecule has 6 N–H and O–H groups in total. The van der Waals surface area contributed by atoms with E-state index in [0.29, 0.717) is 0 Å². The third kappa shape index (κ3) is 2.37. The molecule has 0 amide bonds. The highest BCUT2D eigenvalue weighted by atomic mass is 16.2. The van der Waals surface area contributed by atoms with Crippen molar-refractivity contribution < 1.29 is 0 Å². The Morgan fingerprint density at radius 3 is 0.528 bits per heavy atom. The maximum absolute atomic E-state index is 12.4. The molecule has 36 heavy (non-hydrogen) atoms. The summed E-state index contributed by atoms with van der Waals surface area (Å²) in [5.41, 5.74) is -7.47. The molecule has 0 aliphatic rings. The van der Waals surface area contributed by atoms with E-state index < -0.39 is 33.4 Å². The summed E-state index contributed by atoms with van der Waals surface area (Å²) in [5.74, 6) is 0. The van der Waals surface area contributed by atoms with Gasteiger partial charge in [-0.3, -0.25) is 59.4 Å². The highest BCUT2D eigenvalue weighted by molar-refractivity contribution is 6.20. The molecule has 18 nitrogen and oxygen atoms in total. The third-order valence-electron chi connectivity index (χ3n) is 5.52. The number of rotatable bonds is 0. The monoisotopic (exact) mass is 486 g/mol. The summed E-state index contributed by atoms with van der Waals surface area (Å²) in [6.07, 6.45) is 0. The van der Waals surface area contributed by atoms with E-state index in [2.05, 4.69) is 60.5 Å². The van der Waals surface area contributed by atoms with Gasteiger partial charge < -0.3 is 0 Å². The number of nitrogens with one attached hydrogen (secondary N) is 6. The van der Waals surface area contributed by atoms with Gasteiger partial charge in [0.2, 0.25) is 0 Å². The van der Waals surface area contributed by atoms with Gasteiger partial charge >= 0.3 is 0 Å². The Morgan fingerprint density at radius 1 is 0.250 bits per heavy atom. The normalized spacial score (nSPS) is 12.0. The lowest BCUT2D eigenvalue weighted by molar-refractivity contribution is 0.962. The average molecular weight is 486 g/mol. The number of fused-ring (bicyclic) bond motifs is 9. The first-order valence-corrected chi connectivity index (χ1v) is 9.91. The molecule has 6 aromatic heterocycles. The van der Waals surface area contributed by atoms with Gasteiger partial charge in [0, 0.05) is 0 Å². The van der Waals surface area contributed by atoms with E-state index in [1.807, 2.05) is 0 Å². The maximum atomic E-state index is 12.4. The molecule has 0 bridgehead atoms. The van der Waals surface area contributed by atoms with Crippen LogP contribution in [0, 0.1) is 0 Å². The van der Waals surface area contributed by atoms with Crippen LogP contribution in [0.25, 0.3) is 66.2 Å². The van der Waals surface area contributed by atoms with E-state index in [4.69, 9.17) is 0 Å².